The number of nitrogens with one attached hydrogen (secondary N) is 1. The molecule has 1 fully saturated rings. The molecular formula is C12H18ClN3O2. The average molecular weight is 272 g/mol. The lowest BCUT2D eigenvalue weighted by Crippen LogP contribution is -2.33. The Morgan fingerprint density at radius 3 is 2.89 bits per heavy atom. The number of ether oxygens (including phenoxy) is 1. The number of rotatable bonds is 3. The molecule has 5 nitrogen and oxygen atoms in total. The van der Waals surface area contributed by atoms with Gasteiger partial charge < -0.3 is 10.1 Å². The van der Waals surface area contributed by atoms with Gasteiger partial charge in [-0.25, -0.2) is 4.68 Å². The Balaban J connectivity index is 2.06. The summed E-state index contributed by atoms with van der Waals surface area (Å²) in [5, 5.41) is 7.38. The van der Waals surface area contributed by atoms with Crippen LogP contribution in [-0.2, 0) is 11.8 Å². The lowest BCUT2D eigenvalue weighted by molar-refractivity contribution is 0.0300. The van der Waals surface area contributed by atoms with Crippen molar-refractivity contribution >= 4 is 17.3 Å². The van der Waals surface area contributed by atoms with Crippen LogP contribution in [0.15, 0.2) is 11.0 Å². The highest BCUT2D eigenvalue weighted by atomic mass is 35.5. The average Bonchev–Trinajstić information content (AvgIpc) is 2.36. The van der Waals surface area contributed by atoms with E-state index in [9.17, 15) is 4.79 Å². The van der Waals surface area contributed by atoms with Crippen LogP contribution in [0.3, 0.4) is 0 Å². The van der Waals surface area contributed by atoms with E-state index in [-0.39, 0.29) is 16.0 Å². The summed E-state index contributed by atoms with van der Waals surface area (Å²) in [6, 6.07) is 0. The van der Waals surface area contributed by atoms with Crippen LogP contribution in [0.4, 0.5) is 5.69 Å². The van der Waals surface area contributed by atoms with Crippen LogP contribution in [0.1, 0.15) is 19.8 Å². The van der Waals surface area contributed by atoms with Crippen molar-refractivity contribution in [2.24, 2.45) is 12.5 Å². The van der Waals surface area contributed by atoms with Gasteiger partial charge in [0.2, 0.25) is 0 Å². The van der Waals surface area contributed by atoms with Crippen molar-refractivity contribution in [3.8, 4) is 0 Å². The summed E-state index contributed by atoms with van der Waals surface area (Å²) >= 11 is 6.00. The van der Waals surface area contributed by atoms with Gasteiger partial charge in [0.25, 0.3) is 5.56 Å². The number of nitrogens with zero attached hydrogens (tertiary/aromatic N) is 2. The van der Waals surface area contributed by atoms with Crippen molar-refractivity contribution < 1.29 is 4.74 Å². The van der Waals surface area contributed by atoms with E-state index in [2.05, 4.69) is 17.3 Å². The molecule has 0 radical (unpaired) electrons. The van der Waals surface area contributed by atoms with Gasteiger partial charge in [0, 0.05) is 26.8 Å². The fourth-order valence-electron chi connectivity index (χ4n) is 1.98. The number of hydrogen-bond donors (Lipinski definition) is 1. The minimum Gasteiger partial charge on any atom is -0.382 e. The number of hydrogen-bond acceptors (Lipinski definition) is 4. The molecule has 1 N–H and O–H groups in total. The predicted molar refractivity (Wildman–Crippen MR) is 71.1 cm³/mol. The van der Waals surface area contributed by atoms with Gasteiger partial charge >= 0.3 is 0 Å². The fraction of sp³-hybridized carbons (Fsp3) is 0.667. The van der Waals surface area contributed by atoms with Crippen LogP contribution in [0.25, 0.3) is 0 Å². The van der Waals surface area contributed by atoms with E-state index in [4.69, 9.17) is 16.3 Å². The molecule has 0 bridgehead atoms. The molecule has 0 aromatic carbocycles. The highest BCUT2D eigenvalue weighted by Crippen LogP contribution is 2.30. The summed E-state index contributed by atoms with van der Waals surface area (Å²) in [4.78, 5) is 11.6. The smallest absolute Gasteiger partial charge is 0.287 e. The quantitative estimate of drug-likeness (QED) is 0.908. The van der Waals surface area contributed by atoms with Crippen LogP contribution in [-0.4, -0.2) is 29.5 Å². The summed E-state index contributed by atoms with van der Waals surface area (Å²) < 4.78 is 6.58. The standard InChI is InChI=1S/C12H18ClN3O2/c1-12(3-5-18-6-4-12)8-14-9-7-15-16(2)11(17)10(9)13/h7,14H,3-6,8H2,1-2H3. The number of aromatic nitrogens is 2. The molecule has 18 heavy (non-hydrogen) atoms. The normalized spacial score (nSPS) is 18.6. The van der Waals surface area contributed by atoms with Crippen molar-refractivity contribution in [3.05, 3.63) is 21.6 Å². The third-order valence-electron chi connectivity index (χ3n) is 3.48. The molecule has 1 aromatic heterocycles. The van der Waals surface area contributed by atoms with Gasteiger partial charge in [-0.3, -0.25) is 4.79 Å². The third-order valence-corrected chi connectivity index (χ3v) is 3.85. The zero-order valence-electron chi connectivity index (χ0n) is 10.7. The van der Waals surface area contributed by atoms with E-state index in [1.807, 2.05) is 0 Å². The summed E-state index contributed by atoms with van der Waals surface area (Å²) in [5.74, 6) is 0. The number of anilines is 1. The molecule has 1 aromatic rings. The highest BCUT2D eigenvalue weighted by molar-refractivity contribution is 6.32. The van der Waals surface area contributed by atoms with Crippen molar-refractivity contribution in [1.29, 1.82) is 0 Å². The maximum absolute atomic E-state index is 11.6. The molecule has 1 aliphatic heterocycles. The Morgan fingerprint density at radius 1 is 1.56 bits per heavy atom. The second-order valence-corrected chi connectivity index (χ2v) is 5.46. The van der Waals surface area contributed by atoms with Gasteiger partial charge in [-0.1, -0.05) is 18.5 Å². The first kappa shape index (κ1) is 13.4. The van der Waals surface area contributed by atoms with E-state index in [0.29, 0.717) is 5.69 Å². The predicted octanol–water partition coefficient (Wildman–Crippen LogP) is 1.66. The van der Waals surface area contributed by atoms with Crippen molar-refractivity contribution in [2.45, 2.75) is 19.8 Å². The van der Waals surface area contributed by atoms with E-state index >= 15 is 0 Å². The maximum Gasteiger partial charge on any atom is 0.287 e. The molecule has 1 aliphatic rings. The van der Waals surface area contributed by atoms with Gasteiger partial charge in [0.1, 0.15) is 5.02 Å². The maximum atomic E-state index is 11.6. The summed E-state index contributed by atoms with van der Waals surface area (Å²) in [6.45, 7) is 4.57. The number of halogens is 1. The zero-order valence-corrected chi connectivity index (χ0v) is 11.5. The minimum atomic E-state index is -0.279. The van der Waals surface area contributed by atoms with Crippen molar-refractivity contribution in [2.75, 3.05) is 25.1 Å². The lowest BCUT2D eigenvalue weighted by atomic mass is 9.82. The molecule has 2 heterocycles. The Kier molecular flexibility index (Phi) is 3.92. The van der Waals surface area contributed by atoms with Gasteiger partial charge in [-0.15, -0.1) is 0 Å². The SMILES string of the molecule is Cn1ncc(NCC2(C)CCOCC2)c(Cl)c1=O. The lowest BCUT2D eigenvalue weighted by Gasteiger charge is -2.33. The molecule has 0 amide bonds. The van der Waals surface area contributed by atoms with Gasteiger partial charge in [0.15, 0.2) is 0 Å². The monoisotopic (exact) mass is 271 g/mol. The van der Waals surface area contributed by atoms with E-state index in [0.717, 1.165) is 32.6 Å². The third kappa shape index (κ3) is 2.84. The first-order valence-electron chi connectivity index (χ1n) is 6.05. The molecule has 0 saturated carbocycles. The molecule has 0 atom stereocenters. The minimum absolute atomic E-state index is 0.183. The largest absolute Gasteiger partial charge is 0.382 e. The van der Waals surface area contributed by atoms with Gasteiger partial charge in [-0.2, -0.15) is 5.10 Å². The van der Waals surface area contributed by atoms with Crippen LogP contribution < -0.4 is 10.9 Å². The summed E-state index contributed by atoms with van der Waals surface area (Å²) in [7, 11) is 1.58. The second-order valence-electron chi connectivity index (χ2n) is 5.08. The summed E-state index contributed by atoms with van der Waals surface area (Å²) in [5.41, 5.74) is 0.508. The zero-order chi connectivity index (χ0) is 13.2. The Labute approximate surface area is 111 Å². The second kappa shape index (κ2) is 5.28. The first-order chi connectivity index (χ1) is 8.52. The summed E-state index contributed by atoms with van der Waals surface area (Å²) in [6.07, 6.45) is 3.61. The Morgan fingerprint density at radius 2 is 2.22 bits per heavy atom. The molecule has 0 aliphatic carbocycles. The van der Waals surface area contributed by atoms with E-state index < -0.39 is 0 Å². The van der Waals surface area contributed by atoms with Crippen LogP contribution in [0.5, 0.6) is 0 Å². The van der Waals surface area contributed by atoms with Crippen LogP contribution >= 0.6 is 11.6 Å². The Hall–Kier alpha value is -1.07. The highest BCUT2D eigenvalue weighted by Gasteiger charge is 2.27. The molecule has 100 valence electrons. The molecule has 0 unspecified atom stereocenters. The molecule has 0 spiro atoms. The topological polar surface area (TPSA) is 56.1 Å². The molecule has 2 rings (SSSR count). The van der Waals surface area contributed by atoms with Gasteiger partial charge in [-0.05, 0) is 18.3 Å². The van der Waals surface area contributed by atoms with Crippen LogP contribution in [0.2, 0.25) is 5.02 Å². The van der Waals surface area contributed by atoms with Crippen molar-refractivity contribution in [3.63, 3.8) is 0 Å². The van der Waals surface area contributed by atoms with E-state index in [1.165, 1.54) is 4.68 Å². The van der Waals surface area contributed by atoms with Gasteiger partial charge in [0.05, 0.1) is 11.9 Å². The number of aryl methyl sites for hydroxylation is 1. The molecule has 1 saturated heterocycles. The molecular weight excluding hydrogens is 254 g/mol. The first-order valence-corrected chi connectivity index (χ1v) is 6.43. The van der Waals surface area contributed by atoms with E-state index in [1.54, 1.807) is 13.2 Å². The van der Waals surface area contributed by atoms with Crippen molar-refractivity contribution in [1.82, 2.24) is 9.78 Å². The van der Waals surface area contributed by atoms with Crippen LogP contribution in [0, 0.1) is 5.41 Å². The molecule has 6 heteroatoms. The fourth-order valence-corrected chi connectivity index (χ4v) is 2.22. The Bertz CT molecular complexity index is 481.